The van der Waals surface area contributed by atoms with Gasteiger partial charge in [-0.25, -0.2) is 0 Å². The average Bonchev–Trinajstić information content (AvgIpc) is 2.56. The number of benzene rings is 1. The second kappa shape index (κ2) is 6.96. The normalized spacial score (nSPS) is 31.5. The zero-order valence-corrected chi connectivity index (χ0v) is 16.1. The number of halogens is 1. The summed E-state index contributed by atoms with van der Waals surface area (Å²) < 4.78 is 1.17. The van der Waals surface area contributed by atoms with E-state index in [1.165, 1.54) is 3.57 Å². The molecule has 3 rings (SSSR count). The predicted molar refractivity (Wildman–Crippen MR) is 106 cm³/mol. The standard InChI is InChI=1S/C21H23IO2/c1-3-11-21-14(2)18(12-15-7-9-17(22)10-8-15)19(23)13-16(21)5-4-6-20(21)24/h3,7-10,12-14,20,24H,1,4-6,11H2,2H3/t14-,20-,21-/m0/s1. The van der Waals surface area contributed by atoms with Crippen molar-refractivity contribution in [2.75, 3.05) is 0 Å². The van der Waals surface area contributed by atoms with Gasteiger partial charge in [-0.15, -0.1) is 6.58 Å². The monoisotopic (exact) mass is 434 g/mol. The number of carbonyl (C=O) groups excluding carboxylic acids is 1. The Kier molecular flexibility index (Phi) is 5.11. The number of rotatable bonds is 3. The Morgan fingerprint density at radius 2 is 2.08 bits per heavy atom. The summed E-state index contributed by atoms with van der Waals surface area (Å²) in [5.74, 6) is 0.0717. The number of aliphatic hydroxyl groups excluding tert-OH is 1. The minimum Gasteiger partial charge on any atom is -0.392 e. The fraction of sp³-hybridized carbons (Fsp3) is 0.381. The van der Waals surface area contributed by atoms with Crippen molar-refractivity contribution in [1.82, 2.24) is 0 Å². The minimum atomic E-state index is -0.418. The van der Waals surface area contributed by atoms with E-state index in [1.54, 1.807) is 6.08 Å². The molecule has 0 amide bonds. The maximum Gasteiger partial charge on any atom is 0.182 e. The summed E-state index contributed by atoms with van der Waals surface area (Å²) in [7, 11) is 0. The van der Waals surface area contributed by atoms with Crippen molar-refractivity contribution >= 4 is 34.5 Å². The van der Waals surface area contributed by atoms with Gasteiger partial charge in [-0.1, -0.05) is 30.7 Å². The van der Waals surface area contributed by atoms with Crippen molar-refractivity contribution in [3.63, 3.8) is 0 Å². The van der Waals surface area contributed by atoms with Gasteiger partial charge in [0.05, 0.1) is 6.10 Å². The molecule has 3 heteroatoms. The first-order valence-corrected chi connectivity index (χ1v) is 9.58. The van der Waals surface area contributed by atoms with Crippen LogP contribution in [0.4, 0.5) is 0 Å². The van der Waals surface area contributed by atoms with Crippen molar-refractivity contribution in [2.24, 2.45) is 11.3 Å². The van der Waals surface area contributed by atoms with Gasteiger partial charge >= 0.3 is 0 Å². The van der Waals surface area contributed by atoms with Crippen LogP contribution in [-0.2, 0) is 4.79 Å². The van der Waals surface area contributed by atoms with E-state index in [1.807, 2.05) is 36.4 Å². The molecule has 3 atom stereocenters. The highest BCUT2D eigenvalue weighted by atomic mass is 127. The molecule has 0 spiro atoms. The van der Waals surface area contributed by atoms with Crippen LogP contribution < -0.4 is 0 Å². The molecule has 1 N–H and O–H groups in total. The van der Waals surface area contributed by atoms with E-state index in [4.69, 9.17) is 0 Å². The number of allylic oxidation sites excluding steroid dienone is 3. The Labute approximate surface area is 157 Å². The quantitative estimate of drug-likeness (QED) is 0.416. The third kappa shape index (κ3) is 2.93. The zero-order chi connectivity index (χ0) is 17.3. The molecule has 24 heavy (non-hydrogen) atoms. The molecular formula is C21H23IO2. The van der Waals surface area contributed by atoms with E-state index < -0.39 is 6.10 Å². The van der Waals surface area contributed by atoms with E-state index in [-0.39, 0.29) is 17.1 Å². The Hall–Kier alpha value is -1.20. The minimum absolute atomic E-state index is 0.0161. The molecule has 1 saturated carbocycles. The summed E-state index contributed by atoms with van der Waals surface area (Å²) in [6.07, 6.45) is 8.59. The van der Waals surface area contributed by atoms with Crippen LogP contribution in [0, 0.1) is 14.9 Å². The summed E-state index contributed by atoms with van der Waals surface area (Å²) in [5, 5.41) is 10.8. The number of hydrogen-bond donors (Lipinski definition) is 1. The summed E-state index contributed by atoms with van der Waals surface area (Å²) in [5.41, 5.74) is 2.56. The molecule has 0 bridgehead atoms. The largest absolute Gasteiger partial charge is 0.392 e. The van der Waals surface area contributed by atoms with Gasteiger partial charge in [-0.2, -0.15) is 0 Å². The fourth-order valence-corrected chi connectivity index (χ4v) is 4.67. The van der Waals surface area contributed by atoms with Crippen LogP contribution in [0.1, 0.15) is 38.2 Å². The Morgan fingerprint density at radius 1 is 1.38 bits per heavy atom. The van der Waals surface area contributed by atoms with Gasteiger partial charge in [-0.3, -0.25) is 4.79 Å². The number of carbonyl (C=O) groups is 1. The van der Waals surface area contributed by atoms with Crippen LogP contribution in [0.25, 0.3) is 6.08 Å². The third-order valence-corrected chi connectivity index (χ3v) is 6.34. The molecule has 0 heterocycles. The fourth-order valence-electron chi connectivity index (χ4n) is 4.31. The molecule has 0 radical (unpaired) electrons. The molecule has 1 fully saturated rings. The lowest BCUT2D eigenvalue weighted by molar-refractivity contribution is -0.113. The van der Waals surface area contributed by atoms with E-state index in [9.17, 15) is 9.90 Å². The van der Waals surface area contributed by atoms with Crippen LogP contribution in [0.3, 0.4) is 0 Å². The third-order valence-electron chi connectivity index (χ3n) is 5.62. The maximum absolute atomic E-state index is 12.7. The first-order chi connectivity index (χ1) is 11.5. The highest BCUT2D eigenvalue weighted by molar-refractivity contribution is 14.1. The number of aliphatic hydroxyl groups is 1. The van der Waals surface area contributed by atoms with Crippen molar-refractivity contribution in [3.05, 3.63) is 63.3 Å². The van der Waals surface area contributed by atoms with E-state index in [2.05, 4.69) is 36.1 Å². The van der Waals surface area contributed by atoms with E-state index >= 15 is 0 Å². The molecule has 0 saturated heterocycles. The summed E-state index contributed by atoms with van der Waals surface area (Å²) in [6, 6.07) is 8.15. The van der Waals surface area contributed by atoms with Crippen molar-refractivity contribution in [2.45, 2.75) is 38.7 Å². The molecule has 2 aliphatic rings. The molecule has 0 aliphatic heterocycles. The molecule has 126 valence electrons. The van der Waals surface area contributed by atoms with Crippen molar-refractivity contribution in [3.8, 4) is 0 Å². The summed E-state index contributed by atoms with van der Waals surface area (Å²) in [6.45, 7) is 5.99. The van der Waals surface area contributed by atoms with Crippen LogP contribution in [-0.4, -0.2) is 17.0 Å². The second-order valence-electron chi connectivity index (χ2n) is 6.85. The molecule has 2 nitrogen and oxygen atoms in total. The van der Waals surface area contributed by atoms with Crippen LogP contribution in [0.2, 0.25) is 0 Å². The summed E-state index contributed by atoms with van der Waals surface area (Å²) in [4.78, 5) is 12.7. The lowest BCUT2D eigenvalue weighted by atomic mass is 9.55. The molecule has 0 unspecified atom stereocenters. The van der Waals surface area contributed by atoms with Crippen molar-refractivity contribution < 1.29 is 9.90 Å². The predicted octanol–water partition coefficient (Wildman–Crippen LogP) is 4.93. The Balaban J connectivity index is 2.09. The highest BCUT2D eigenvalue weighted by Crippen LogP contribution is 2.54. The second-order valence-corrected chi connectivity index (χ2v) is 8.09. The first kappa shape index (κ1) is 17.6. The molecule has 0 aromatic heterocycles. The van der Waals surface area contributed by atoms with E-state index in [0.29, 0.717) is 6.42 Å². The van der Waals surface area contributed by atoms with Gasteiger partial charge in [-0.05, 0) is 84.0 Å². The van der Waals surface area contributed by atoms with Crippen molar-refractivity contribution in [1.29, 1.82) is 0 Å². The van der Waals surface area contributed by atoms with E-state index in [0.717, 1.165) is 36.0 Å². The van der Waals surface area contributed by atoms with Gasteiger partial charge in [0.25, 0.3) is 0 Å². The van der Waals surface area contributed by atoms with Gasteiger partial charge in [0.2, 0.25) is 0 Å². The van der Waals surface area contributed by atoms with Crippen LogP contribution >= 0.6 is 22.6 Å². The molecule has 1 aromatic rings. The van der Waals surface area contributed by atoms with Crippen LogP contribution in [0.15, 0.2) is 54.1 Å². The number of fused-ring (bicyclic) bond motifs is 1. The SMILES string of the molecule is C=CC[C@@]12C(=CC(=O)C(=Cc3ccc(I)cc3)[C@@H]1C)CCC[C@@H]2O. The smallest absolute Gasteiger partial charge is 0.182 e. The van der Waals surface area contributed by atoms with Gasteiger partial charge in [0.1, 0.15) is 0 Å². The highest BCUT2D eigenvalue weighted by Gasteiger charge is 2.50. The summed E-state index contributed by atoms with van der Waals surface area (Å²) >= 11 is 2.27. The Bertz CT molecular complexity index is 714. The lowest BCUT2D eigenvalue weighted by Gasteiger charge is -2.50. The molecule has 1 aromatic carbocycles. The molecular weight excluding hydrogens is 411 g/mol. The maximum atomic E-state index is 12.7. The Morgan fingerprint density at radius 3 is 2.75 bits per heavy atom. The average molecular weight is 434 g/mol. The van der Waals surface area contributed by atoms with Gasteiger partial charge in [0, 0.05) is 14.6 Å². The molecule has 2 aliphatic carbocycles. The van der Waals surface area contributed by atoms with Gasteiger partial charge in [0.15, 0.2) is 5.78 Å². The first-order valence-electron chi connectivity index (χ1n) is 8.50. The zero-order valence-electron chi connectivity index (χ0n) is 14.0. The topological polar surface area (TPSA) is 37.3 Å². The number of hydrogen-bond acceptors (Lipinski definition) is 2. The number of ketones is 1. The lowest BCUT2D eigenvalue weighted by Crippen LogP contribution is -2.48. The van der Waals surface area contributed by atoms with Crippen LogP contribution in [0.5, 0.6) is 0 Å². The van der Waals surface area contributed by atoms with Gasteiger partial charge < -0.3 is 5.11 Å².